The van der Waals surface area contributed by atoms with Gasteiger partial charge in [0.2, 0.25) is 0 Å². The molecule has 0 rings (SSSR count). The predicted octanol–water partition coefficient (Wildman–Crippen LogP) is 2.68. The number of amides is 1. The van der Waals surface area contributed by atoms with Crippen LogP contribution in [0.5, 0.6) is 0 Å². The van der Waals surface area contributed by atoms with Gasteiger partial charge in [-0.05, 0) is 40.0 Å². The van der Waals surface area contributed by atoms with Gasteiger partial charge >= 0.3 is 6.09 Å². The molecule has 5 heteroatoms. The third-order valence-corrected chi connectivity index (χ3v) is 3.99. The lowest BCUT2D eigenvalue weighted by Gasteiger charge is -2.32. The van der Waals surface area contributed by atoms with E-state index in [4.69, 9.17) is 4.74 Å². The minimum atomic E-state index is -0.477. The fraction of sp³-hybridized carbons (Fsp3) is 0.938. The van der Waals surface area contributed by atoms with Crippen LogP contribution < -0.4 is 10.6 Å². The second-order valence-electron chi connectivity index (χ2n) is 6.73. The van der Waals surface area contributed by atoms with Gasteiger partial charge in [0.15, 0.2) is 0 Å². The Morgan fingerprint density at radius 1 is 1.19 bits per heavy atom. The summed E-state index contributed by atoms with van der Waals surface area (Å²) in [5.74, 6) is 0. The summed E-state index contributed by atoms with van der Waals surface area (Å²) in [4.78, 5) is 11.6. The Balaban J connectivity index is 4.26. The molecule has 0 aliphatic heterocycles. The molecule has 0 radical (unpaired) electrons. The molecule has 3 N–H and O–H groups in total. The molecule has 126 valence electrons. The van der Waals surface area contributed by atoms with Gasteiger partial charge in [-0.2, -0.15) is 0 Å². The second-order valence-corrected chi connectivity index (χ2v) is 6.73. The maximum atomic E-state index is 11.6. The third-order valence-electron chi connectivity index (χ3n) is 3.99. The molecule has 0 aromatic rings. The van der Waals surface area contributed by atoms with Crippen LogP contribution in [0.25, 0.3) is 0 Å². The van der Waals surface area contributed by atoms with Gasteiger partial charge in [-0.25, -0.2) is 4.79 Å². The molecular weight excluding hydrogens is 268 g/mol. The van der Waals surface area contributed by atoms with Crippen LogP contribution >= 0.6 is 0 Å². The van der Waals surface area contributed by atoms with Gasteiger partial charge in [0.25, 0.3) is 0 Å². The molecule has 1 atom stereocenters. The first-order chi connectivity index (χ1) is 9.71. The van der Waals surface area contributed by atoms with E-state index in [1.165, 1.54) is 0 Å². The van der Waals surface area contributed by atoms with E-state index < -0.39 is 5.60 Å². The SMILES string of the molecule is CCC(CNC(=O)OC(C)(C)C)NCC(CC)(CC)CO. The number of hydrogen-bond acceptors (Lipinski definition) is 4. The van der Waals surface area contributed by atoms with Crippen LogP contribution in [0, 0.1) is 5.41 Å². The molecule has 0 saturated heterocycles. The molecule has 0 bridgehead atoms. The molecule has 0 aliphatic rings. The lowest BCUT2D eigenvalue weighted by Crippen LogP contribution is -2.46. The smallest absolute Gasteiger partial charge is 0.407 e. The van der Waals surface area contributed by atoms with Crippen LogP contribution in [0.2, 0.25) is 0 Å². The van der Waals surface area contributed by atoms with Crippen molar-refractivity contribution in [2.45, 2.75) is 72.4 Å². The average Bonchev–Trinajstić information content (AvgIpc) is 2.42. The summed E-state index contributed by atoms with van der Waals surface area (Å²) in [6.07, 6.45) is 2.39. The van der Waals surface area contributed by atoms with E-state index in [1.54, 1.807) is 0 Å². The van der Waals surface area contributed by atoms with E-state index in [2.05, 4.69) is 31.4 Å². The number of carbonyl (C=O) groups is 1. The van der Waals surface area contributed by atoms with Crippen LogP contribution in [0.3, 0.4) is 0 Å². The Morgan fingerprint density at radius 3 is 2.14 bits per heavy atom. The van der Waals surface area contributed by atoms with Crippen molar-refractivity contribution in [3.63, 3.8) is 0 Å². The lowest BCUT2D eigenvalue weighted by molar-refractivity contribution is 0.0519. The number of carbonyl (C=O) groups excluding carboxylic acids is 1. The van der Waals surface area contributed by atoms with Gasteiger partial charge in [-0.1, -0.05) is 20.8 Å². The number of alkyl carbamates (subject to hydrolysis) is 1. The third kappa shape index (κ3) is 8.27. The van der Waals surface area contributed by atoms with Crippen molar-refractivity contribution in [1.82, 2.24) is 10.6 Å². The number of rotatable bonds is 9. The van der Waals surface area contributed by atoms with E-state index >= 15 is 0 Å². The minimum absolute atomic E-state index is 0.0701. The van der Waals surface area contributed by atoms with Gasteiger partial charge in [-0.15, -0.1) is 0 Å². The highest BCUT2D eigenvalue weighted by Gasteiger charge is 2.26. The quantitative estimate of drug-likeness (QED) is 0.612. The predicted molar refractivity (Wildman–Crippen MR) is 86.4 cm³/mol. The summed E-state index contributed by atoms with van der Waals surface area (Å²) in [6.45, 7) is 13.3. The summed E-state index contributed by atoms with van der Waals surface area (Å²) in [6, 6.07) is 0.182. The highest BCUT2D eigenvalue weighted by atomic mass is 16.6. The molecule has 0 fully saturated rings. The van der Waals surface area contributed by atoms with Crippen LogP contribution in [-0.2, 0) is 4.74 Å². The molecule has 0 spiro atoms. The maximum absolute atomic E-state index is 11.6. The van der Waals surface area contributed by atoms with Gasteiger partial charge in [0.05, 0.1) is 0 Å². The van der Waals surface area contributed by atoms with Gasteiger partial charge in [0, 0.05) is 31.2 Å². The second kappa shape index (κ2) is 9.26. The molecule has 0 saturated carbocycles. The summed E-state index contributed by atoms with van der Waals surface area (Å²) < 4.78 is 5.22. The van der Waals surface area contributed by atoms with Crippen LogP contribution in [0.4, 0.5) is 4.79 Å². The fourth-order valence-corrected chi connectivity index (χ4v) is 2.02. The van der Waals surface area contributed by atoms with Gasteiger partial charge in [-0.3, -0.25) is 0 Å². The number of ether oxygens (including phenoxy) is 1. The largest absolute Gasteiger partial charge is 0.444 e. The van der Waals surface area contributed by atoms with Crippen molar-refractivity contribution in [3.8, 4) is 0 Å². The van der Waals surface area contributed by atoms with Crippen molar-refractivity contribution in [1.29, 1.82) is 0 Å². The summed E-state index contributed by atoms with van der Waals surface area (Å²) in [5.41, 5.74) is -0.547. The molecule has 1 amide bonds. The fourth-order valence-electron chi connectivity index (χ4n) is 2.02. The van der Waals surface area contributed by atoms with E-state index in [0.29, 0.717) is 6.54 Å². The van der Waals surface area contributed by atoms with Crippen LogP contribution in [-0.4, -0.2) is 42.5 Å². The van der Waals surface area contributed by atoms with Gasteiger partial charge in [0.1, 0.15) is 5.60 Å². The molecule has 0 aromatic heterocycles. The molecule has 0 aromatic carbocycles. The number of aliphatic hydroxyl groups excluding tert-OH is 1. The molecule has 0 heterocycles. The summed E-state index contributed by atoms with van der Waals surface area (Å²) in [5, 5.41) is 15.8. The molecule has 1 unspecified atom stereocenters. The first kappa shape index (κ1) is 20.2. The number of aliphatic hydroxyl groups is 1. The zero-order valence-corrected chi connectivity index (χ0v) is 14.6. The number of nitrogens with one attached hydrogen (secondary N) is 2. The van der Waals surface area contributed by atoms with E-state index in [9.17, 15) is 9.90 Å². The minimum Gasteiger partial charge on any atom is -0.444 e. The zero-order chi connectivity index (χ0) is 16.5. The van der Waals surface area contributed by atoms with Crippen molar-refractivity contribution < 1.29 is 14.6 Å². The lowest BCUT2D eigenvalue weighted by atomic mass is 9.83. The van der Waals surface area contributed by atoms with Crippen molar-refractivity contribution in [3.05, 3.63) is 0 Å². The average molecular weight is 302 g/mol. The monoisotopic (exact) mass is 302 g/mol. The van der Waals surface area contributed by atoms with Crippen LogP contribution in [0.1, 0.15) is 60.8 Å². The highest BCUT2D eigenvalue weighted by molar-refractivity contribution is 5.67. The van der Waals surface area contributed by atoms with Crippen molar-refractivity contribution >= 4 is 6.09 Å². The number of hydrogen-bond donors (Lipinski definition) is 3. The zero-order valence-electron chi connectivity index (χ0n) is 14.6. The van der Waals surface area contributed by atoms with E-state index in [-0.39, 0.29) is 24.2 Å². The summed E-state index contributed by atoms with van der Waals surface area (Å²) >= 11 is 0. The van der Waals surface area contributed by atoms with Crippen molar-refractivity contribution in [2.24, 2.45) is 5.41 Å². The normalized spacial score (nSPS) is 13.9. The first-order valence-corrected chi connectivity index (χ1v) is 8.03. The topological polar surface area (TPSA) is 70.6 Å². The van der Waals surface area contributed by atoms with E-state index in [1.807, 2.05) is 20.8 Å². The molecule has 5 nitrogen and oxygen atoms in total. The summed E-state index contributed by atoms with van der Waals surface area (Å²) in [7, 11) is 0. The molecule has 0 aliphatic carbocycles. The van der Waals surface area contributed by atoms with Gasteiger partial charge < -0.3 is 20.5 Å². The molecule has 21 heavy (non-hydrogen) atoms. The Bertz CT molecular complexity index is 288. The van der Waals surface area contributed by atoms with Crippen molar-refractivity contribution in [2.75, 3.05) is 19.7 Å². The Kier molecular flexibility index (Phi) is 8.90. The Morgan fingerprint density at radius 2 is 1.76 bits per heavy atom. The maximum Gasteiger partial charge on any atom is 0.407 e. The Hall–Kier alpha value is -0.810. The van der Waals surface area contributed by atoms with Crippen LogP contribution in [0.15, 0.2) is 0 Å². The standard InChI is InChI=1S/C16H34N2O3/c1-7-13(10-17-14(20)21-15(4,5)6)18-11-16(8-2,9-3)12-19/h13,18-19H,7-12H2,1-6H3,(H,17,20). The molecular formula is C16H34N2O3. The first-order valence-electron chi connectivity index (χ1n) is 8.03. The van der Waals surface area contributed by atoms with E-state index in [0.717, 1.165) is 25.8 Å². The highest BCUT2D eigenvalue weighted by Crippen LogP contribution is 2.24. The Labute approximate surface area is 129 Å².